The molecule has 5 rings (SSSR count). The maximum atomic E-state index is 13.3. The minimum absolute atomic E-state index is 0.133. The fourth-order valence-corrected chi connectivity index (χ4v) is 4.94. The summed E-state index contributed by atoms with van der Waals surface area (Å²) in [6.45, 7) is 1.51. The number of halogens is 1. The minimum atomic E-state index is -0.286. The number of hydrogen-bond donors (Lipinski definition) is 2. The number of benzene rings is 2. The highest BCUT2D eigenvalue weighted by atomic mass is 35.5. The Kier molecular flexibility index (Phi) is 4.88. The summed E-state index contributed by atoms with van der Waals surface area (Å²) in [5.74, 6) is -0.133. The van der Waals surface area contributed by atoms with Gasteiger partial charge in [-0.15, -0.1) is 11.3 Å². The molecule has 1 atom stereocenters. The Morgan fingerprint density at radius 1 is 1.06 bits per heavy atom. The summed E-state index contributed by atoms with van der Waals surface area (Å²) in [5, 5.41) is 4.94. The summed E-state index contributed by atoms with van der Waals surface area (Å²) in [6.07, 6.45) is 1.93. The van der Waals surface area contributed by atoms with Gasteiger partial charge in [0.1, 0.15) is 6.04 Å². The molecule has 0 radical (unpaired) electrons. The third-order valence-electron chi connectivity index (χ3n) is 5.33. The lowest BCUT2D eigenvalue weighted by Gasteiger charge is -2.23. The molecular formula is C24H18ClN3O2S. The lowest BCUT2D eigenvalue weighted by atomic mass is 9.94. The number of hydrogen-bond acceptors (Lipinski definition) is 4. The Morgan fingerprint density at radius 2 is 1.87 bits per heavy atom. The van der Waals surface area contributed by atoms with E-state index in [2.05, 4.69) is 10.4 Å². The lowest BCUT2D eigenvalue weighted by molar-refractivity contribution is -0.131. The zero-order valence-corrected chi connectivity index (χ0v) is 18.1. The van der Waals surface area contributed by atoms with E-state index in [1.165, 1.54) is 6.92 Å². The molecule has 7 heteroatoms. The smallest absolute Gasteiger partial charge is 0.258 e. The van der Waals surface area contributed by atoms with Crippen LogP contribution in [0.25, 0.3) is 27.7 Å². The first-order chi connectivity index (χ1) is 15.0. The first-order valence-corrected chi connectivity index (χ1v) is 11.0. The summed E-state index contributed by atoms with van der Waals surface area (Å²) in [6, 6.07) is 18.8. The normalized spacial score (nSPS) is 15.7. The Bertz CT molecular complexity index is 1380. The van der Waals surface area contributed by atoms with E-state index in [1.807, 2.05) is 66.1 Å². The molecular weight excluding hydrogens is 430 g/mol. The van der Waals surface area contributed by atoms with Crippen LogP contribution in [0, 0.1) is 0 Å². The van der Waals surface area contributed by atoms with E-state index in [0.29, 0.717) is 21.8 Å². The van der Waals surface area contributed by atoms with Crippen LogP contribution in [-0.4, -0.2) is 15.9 Å². The van der Waals surface area contributed by atoms with Crippen LogP contribution in [0.15, 0.2) is 76.9 Å². The molecule has 0 unspecified atom stereocenters. The van der Waals surface area contributed by atoms with Crippen LogP contribution < -0.4 is 11.0 Å². The minimum Gasteiger partial charge on any atom is -0.321 e. The summed E-state index contributed by atoms with van der Waals surface area (Å²) < 4.78 is 0. The number of thiophene rings is 1. The van der Waals surface area contributed by atoms with Crippen LogP contribution in [-0.2, 0) is 4.79 Å². The molecule has 2 N–H and O–H groups in total. The highest BCUT2D eigenvalue weighted by Gasteiger charge is 2.32. The first-order valence-electron chi connectivity index (χ1n) is 9.76. The fourth-order valence-electron chi connectivity index (χ4n) is 3.98. The molecule has 0 aliphatic carbocycles. The molecule has 1 amide bonds. The molecule has 4 aromatic rings. The van der Waals surface area contributed by atoms with E-state index < -0.39 is 0 Å². The van der Waals surface area contributed by atoms with Gasteiger partial charge in [0.2, 0.25) is 5.91 Å². The van der Waals surface area contributed by atoms with Crippen molar-refractivity contribution in [1.82, 2.24) is 15.4 Å². The summed E-state index contributed by atoms with van der Waals surface area (Å²) in [7, 11) is 0. The fraction of sp³-hybridized carbons (Fsp3) is 0.0833. The van der Waals surface area contributed by atoms with Crippen LogP contribution in [0.1, 0.15) is 23.4 Å². The zero-order valence-electron chi connectivity index (χ0n) is 16.6. The number of amides is 1. The number of nitrogens with zero attached hydrogens (tertiary/aromatic N) is 1. The van der Waals surface area contributed by atoms with Crippen LogP contribution in [0.4, 0.5) is 0 Å². The van der Waals surface area contributed by atoms with Gasteiger partial charge in [-0.2, -0.15) is 0 Å². The predicted molar refractivity (Wildman–Crippen MR) is 126 cm³/mol. The number of hydrazine groups is 1. The molecule has 0 saturated heterocycles. The van der Waals surface area contributed by atoms with E-state index in [4.69, 9.17) is 11.6 Å². The number of nitrogens with one attached hydrogen (secondary N) is 2. The highest BCUT2D eigenvalue weighted by Crippen LogP contribution is 2.38. The van der Waals surface area contributed by atoms with Gasteiger partial charge in [-0.3, -0.25) is 15.0 Å². The van der Waals surface area contributed by atoms with Crippen molar-refractivity contribution in [2.24, 2.45) is 0 Å². The Morgan fingerprint density at radius 3 is 2.58 bits per heavy atom. The molecule has 5 nitrogen and oxygen atoms in total. The molecule has 31 heavy (non-hydrogen) atoms. The second-order valence-corrected chi connectivity index (χ2v) is 8.72. The molecule has 154 valence electrons. The molecule has 2 aromatic carbocycles. The average molecular weight is 448 g/mol. The maximum absolute atomic E-state index is 13.3. The number of pyridine rings is 1. The van der Waals surface area contributed by atoms with Crippen molar-refractivity contribution in [3.8, 4) is 11.1 Å². The third-order valence-corrected chi connectivity index (χ3v) is 6.50. The predicted octanol–water partition coefficient (Wildman–Crippen LogP) is 5.36. The van der Waals surface area contributed by atoms with Crippen LogP contribution in [0.3, 0.4) is 0 Å². The van der Waals surface area contributed by atoms with Crippen molar-refractivity contribution in [3.05, 3.63) is 97.9 Å². The van der Waals surface area contributed by atoms with Gasteiger partial charge < -0.3 is 4.98 Å². The van der Waals surface area contributed by atoms with Gasteiger partial charge >= 0.3 is 0 Å². The number of rotatable bonds is 3. The average Bonchev–Trinajstić information content (AvgIpc) is 3.43. The number of aromatic nitrogens is 1. The number of fused-ring (bicyclic) bond motifs is 1. The molecule has 0 spiro atoms. The SMILES string of the molecule is CC(=O)N1NC(c2c(-c3ccccc3)c3cc(Cl)ccc3[nH]c2=O)=C[C@@H]1c1cccs1. The number of carbonyl (C=O) groups excluding carboxylic acids is 1. The van der Waals surface area contributed by atoms with Crippen molar-refractivity contribution in [3.63, 3.8) is 0 Å². The molecule has 3 heterocycles. The molecule has 0 bridgehead atoms. The van der Waals surface area contributed by atoms with Crippen LogP contribution in [0.2, 0.25) is 5.02 Å². The molecule has 0 fully saturated rings. The standard InChI is InChI=1S/C24H18ClN3O2S/c1-14(29)28-20(21-8-5-11-31-21)13-19(27-28)23-22(15-6-3-2-4-7-15)17-12-16(25)9-10-18(17)26-24(23)30/h2-13,20,27H,1H3,(H,26,30)/t20-/m1/s1. The maximum Gasteiger partial charge on any atom is 0.258 e. The van der Waals surface area contributed by atoms with Crippen molar-refractivity contribution >= 4 is 45.4 Å². The van der Waals surface area contributed by atoms with Crippen molar-refractivity contribution in [2.75, 3.05) is 0 Å². The van der Waals surface area contributed by atoms with E-state index in [1.54, 1.807) is 22.4 Å². The lowest BCUT2D eigenvalue weighted by Crippen LogP contribution is -2.38. The van der Waals surface area contributed by atoms with Crippen molar-refractivity contribution in [1.29, 1.82) is 0 Å². The number of carbonyl (C=O) groups is 1. The van der Waals surface area contributed by atoms with E-state index in [-0.39, 0.29) is 17.5 Å². The van der Waals surface area contributed by atoms with Gasteiger partial charge in [0.25, 0.3) is 5.56 Å². The van der Waals surface area contributed by atoms with Gasteiger partial charge in [0, 0.05) is 33.3 Å². The summed E-state index contributed by atoms with van der Waals surface area (Å²) in [5.41, 5.74) is 6.38. The number of H-pyrrole nitrogens is 1. The van der Waals surface area contributed by atoms with Gasteiger partial charge in [-0.25, -0.2) is 5.01 Å². The monoisotopic (exact) mass is 447 g/mol. The Labute approximate surface area is 187 Å². The molecule has 0 saturated carbocycles. The molecule has 1 aliphatic rings. The van der Waals surface area contributed by atoms with Crippen LogP contribution in [0.5, 0.6) is 0 Å². The Hall–Kier alpha value is -3.35. The summed E-state index contributed by atoms with van der Waals surface area (Å²) in [4.78, 5) is 29.6. The topological polar surface area (TPSA) is 65.2 Å². The Balaban J connectivity index is 1.79. The quantitative estimate of drug-likeness (QED) is 0.444. The van der Waals surface area contributed by atoms with E-state index in [9.17, 15) is 9.59 Å². The molecule has 2 aromatic heterocycles. The largest absolute Gasteiger partial charge is 0.321 e. The van der Waals surface area contributed by atoms with Gasteiger partial charge in [0.05, 0.1) is 11.3 Å². The summed E-state index contributed by atoms with van der Waals surface area (Å²) >= 11 is 7.88. The van der Waals surface area contributed by atoms with Crippen LogP contribution >= 0.6 is 22.9 Å². The first kappa shape index (κ1) is 19.6. The zero-order chi connectivity index (χ0) is 21.5. The number of aromatic amines is 1. The van der Waals surface area contributed by atoms with Crippen molar-refractivity contribution in [2.45, 2.75) is 13.0 Å². The van der Waals surface area contributed by atoms with E-state index >= 15 is 0 Å². The van der Waals surface area contributed by atoms with Gasteiger partial charge in [-0.1, -0.05) is 48.0 Å². The second kappa shape index (κ2) is 7.72. The van der Waals surface area contributed by atoms with Gasteiger partial charge in [-0.05, 0) is 41.3 Å². The molecule has 1 aliphatic heterocycles. The second-order valence-electron chi connectivity index (χ2n) is 7.30. The van der Waals surface area contributed by atoms with Gasteiger partial charge in [0.15, 0.2) is 0 Å². The van der Waals surface area contributed by atoms with E-state index in [0.717, 1.165) is 21.4 Å². The highest BCUT2D eigenvalue weighted by molar-refractivity contribution is 7.10. The third kappa shape index (κ3) is 3.44. The van der Waals surface area contributed by atoms with Crippen molar-refractivity contribution < 1.29 is 4.79 Å².